The first-order chi connectivity index (χ1) is 12.3. The van der Waals surface area contributed by atoms with Gasteiger partial charge in [-0.25, -0.2) is 9.59 Å². The van der Waals surface area contributed by atoms with Crippen molar-refractivity contribution < 1.29 is 9.53 Å². The van der Waals surface area contributed by atoms with Crippen LogP contribution in [0.15, 0.2) is 49.6 Å². The van der Waals surface area contributed by atoms with E-state index in [1.54, 1.807) is 14.0 Å². The number of benzene rings is 1. The van der Waals surface area contributed by atoms with Crippen molar-refractivity contribution in [3.63, 3.8) is 0 Å². The number of hydrogen-bond donors (Lipinski definition) is 1. The fourth-order valence-corrected chi connectivity index (χ4v) is 3.52. The van der Waals surface area contributed by atoms with Crippen molar-refractivity contribution in [2.45, 2.75) is 12.8 Å². The number of carbonyl (C=O) groups is 1. The van der Waals surface area contributed by atoms with Gasteiger partial charge in [-0.1, -0.05) is 28.1 Å². The van der Waals surface area contributed by atoms with Crippen LogP contribution in [-0.2, 0) is 23.6 Å². The van der Waals surface area contributed by atoms with Gasteiger partial charge >= 0.3 is 11.7 Å². The van der Waals surface area contributed by atoms with Crippen LogP contribution in [0, 0.1) is 0 Å². The summed E-state index contributed by atoms with van der Waals surface area (Å²) in [7, 11) is 4.31. The second kappa shape index (κ2) is 6.60. The average molecular weight is 420 g/mol. The SMILES string of the molecule is COC(=O)C1=C(C)Nc2c(c(=O)n(C)c(=O)n2C)[C@H]1c1ccc(Br)cc1. The van der Waals surface area contributed by atoms with E-state index in [4.69, 9.17) is 4.74 Å². The molecule has 26 heavy (non-hydrogen) atoms. The summed E-state index contributed by atoms with van der Waals surface area (Å²) < 4.78 is 8.25. The molecule has 8 heteroatoms. The van der Waals surface area contributed by atoms with E-state index in [-0.39, 0.29) is 0 Å². The van der Waals surface area contributed by atoms with Gasteiger partial charge in [0.1, 0.15) is 5.82 Å². The Hall–Kier alpha value is -2.61. The zero-order valence-corrected chi connectivity index (χ0v) is 16.4. The first kappa shape index (κ1) is 18.2. The number of rotatable bonds is 2. The van der Waals surface area contributed by atoms with Crippen LogP contribution in [-0.4, -0.2) is 22.2 Å². The summed E-state index contributed by atoms with van der Waals surface area (Å²) in [6, 6.07) is 7.36. The van der Waals surface area contributed by atoms with E-state index in [9.17, 15) is 14.4 Å². The van der Waals surface area contributed by atoms with Crippen LogP contribution in [0.25, 0.3) is 0 Å². The third-order valence-electron chi connectivity index (χ3n) is 4.60. The highest BCUT2D eigenvalue weighted by Crippen LogP contribution is 2.40. The Morgan fingerprint density at radius 2 is 1.77 bits per heavy atom. The van der Waals surface area contributed by atoms with Crippen molar-refractivity contribution in [3.8, 4) is 0 Å². The second-order valence-electron chi connectivity index (χ2n) is 6.11. The molecule has 136 valence electrons. The molecule has 7 nitrogen and oxygen atoms in total. The predicted octanol–water partition coefficient (Wildman–Crippen LogP) is 1.85. The number of nitrogens with one attached hydrogen (secondary N) is 1. The number of allylic oxidation sites excluding steroid dienone is 1. The topological polar surface area (TPSA) is 82.3 Å². The van der Waals surface area contributed by atoms with Crippen LogP contribution in [0.3, 0.4) is 0 Å². The molecule has 0 fully saturated rings. The number of carbonyl (C=O) groups excluding carboxylic acids is 1. The molecule has 1 N–H and O–H groups in total. The quantitative estimate of drug-likeness (QED) is 0.751. The second-order valence-corrected chi connectivity index (χ2v) is 7.02. The minimum absolute atomic E-state index is 0.336. The van der Waals surface area contributed by atoms with Crippen molar-refractivity contribution in [1.82, 2.24) is 9.13 Å². The first-order valence-electron chi connectivity index (χ1n) is 7.89. The van der Waals surface area contributed by atoms with Gasteiger partial charge in [0.25, 0.3) is 5.56 Å². The first-order valence-corrected chi connectivity index (χ1v) is 8.68. The molecule has 3 rings (SSSR count). The maximum Gasteiger partial charge on any atom is 0.336 e. The fourth-order valence-electron chi connectivity index (χ4n) is 3.26. The van der Waals surface area contributed by atoms with E-state index in [1.807, 2.05) is 24.3 Å². The summed E-state index contributed by atoms with van der Waals surface area (Å²) in [5, 5.41) is 3.03. The smallest absolute Gasteiger partial charge is 0.336 e. The van der Waals surface area contributed by atoms with E-state index in [1.165, 1.54) is 18.7 Å². The number of anilines is 1. The molecule has 1 aliphatic heterocycles. The highest BCUT2D eigenvalue weighted by Gasteiger charge is 2.37. The average Bonchev–Trinajstić information content (AvgIpc) is 2.63. The number of fused-ring (bicyclic) bond motifs is 1. The number of methoxy groups -OCH3 is 1. The van der Waals surface area contributed by atoms with Crippen LogP contribution in [0.5, 0.6) is 0 Å². The molecule has 1 aliphatic rings. The molecule has 0 bridgehead atoms. The highest BCUT2D eigenvalue weighted by molar-refractivity contribution is 9.10. The van der Waals surface area contributed by atoms with Crippen LogP contribution in [0.1, 0.15) is 24.0 Å². The summed E-state index contributed by atoms with van der Waals surface area (Å²) in [5.41, 5.74) is 1.09. The maximum absolute atomic E-state index is 12.9. The molecule has 0 spiro atoms. The van der Waals surface area contributed by atoms with Gasteiger partial charge in [0.2, 0.25) is 0 Å². The minimum Gasteiger partial charge on any atom is -0.466 e. The van der Waals surface area contributed by atoms with Crippen LogP contribution in [0.4, 0.5) is 5.82 Å². The van der Waals surface area contributed by atoms with Crippen LogP contribution >= 0.6 is 15.9 Å². The van der Waals surface area contributed by atoms with Crippen molar-refractivity contribution >= 4 is 27.7 Å². The molecule has 1 aromatic carbocycles. The molecule has 0 radical (unpaired) electrons. The summed E-state index contributed by atoms with van der Waals surface area (Å²) in [6.45, 7) is 1.73. The van der Waals surface area contributed by atoms with Crippen LogP contribution in [0.2, 0.25) is 0 Å². The maximum atomic E-state index is 12.9. The van der Waals surface area contributed by atoms with Crippen molar-refractivity contribution in [2.75, 3.05) is 12.4 Å². The number of halogens is 1. The molecular formula is C18H18BrN3O4. The lowest BCUT2D eigenvalue weighted by atomic mass is 9.82. The molecular weight excluding hydrogens is 402 g/mol. The molecule has 0 saturated carbocycles. The minimum atomic E-state index is -0.641. The number of aromatic nitrogens is 2. The Labute approximate surface area is 158 Å². The Morgan fingerprint density at radius 3 is 2.35 bits per heavy atom. The van der Waals surface area contributed by atoms with Crippen molar-refractivity contribution in [1.29, 1.82) is 0 Å². The summed E-state index contributed by atoms with van der Waals surface area (Å²) >= 11 is 3.39. The third-order valence-corrected chi connectivity index (χ3v) is 5.12. The van der Waals surface area contributed by atoms with Crippen LogP contribution < -0.4 is 16.6 Å². The Kier molecular flexibility index (Phi) is 4.62. The third kappa shape index (κ3) is 2.70. The van der Waals surface area contributed by atoms with Gasteiger partial charge in [-0.15, -0.1) is 0 Å². The van der Waals surface area contributed by atoms with E-state index < -0.39 is 23.1 Å². The molecule has 0 aliphatic carbocycles. The van der Waals surface area contributed by atoms with Gasteiger partial charge in [0, 0.05) is 24.3 Å². The summed E-state index contributed by atoms with van der Waals surface area (Å²) in [5.74, 6) is -0.780. The molecule has 0 amide bonds. The molecule has 2 heterocycles. The Balaban J connectivity index is 2.41. The molecule has 1 atom stereocenters. The summed E-state index contributed by atoms with van der Waals surface area (Å²) in [6.07, 6.45) is 0. The zero-order chi connectivity index (χ0) is 19.2. The number of esters is 1. The number of ether oxygens (including phenoxy) is 1. The number of nitrogens with zero attached hydrogens (tertiary/aromatic N) is 2. The zero-order valence-electron chi connectivity index (χ0n) is 14.8. The van der Waals surface area contributed by atoms with Gasteiger partial charge in [0.15, 0.2) is 0 Å². The van der Waals surface area contributed by atoms with Gasteiger partial charge in [0.05, 0.1) is 24.2 Å². The Morgan fingerprint density at radius 1 is 1.15 bits per heavy atom. The molecule has 1 aromatic heterocycles. The van der Waals surface area contributed by atoms with Gasteiger partial charge in [-0.05, 0) is 24.6 Å². The van der Waals surface area contributed by atoms with Crippen molar-refractivity contribution in [2.24, 2.45) is 14.1 Å². The van der Waals surface area contributed by atoms with Gasteiger partial charge in [-0.3, -0.25) is 13.9 Å². The van der Waals surface area contributed by atoms with Crippen molar-refractivity contribution in [3.05, 3.63) is 72.0 Å². The highest BCUT2D eigenvalue weighted by atomic mass is 79.9. The molecule has 0 unspecified atom stereocenters. The lowest BCUT2D eigenvalue weighted by molar-refractivity contribution is -0.136. The predicted molar refractivity (Wildman–Crippen MR) is 101 cm³/mol. The largest absolute Gasteiger partial charge is 0.466 e. The molecule has 0 saturated heterocycles. The van der Waals surface area contributed by atoms with E-state index in [2.05, 4.69) is 21.2 Å². The normalized spacial score (nSPS) is 16.1. The lowest BCUT2D eigenvalue weighted by Gasteiger charge is -2.30. The monoisotopic (exact) mass is 419 g/mol. The summed E-state index contributed by atoms with van der Waals surface area (Å²) in [4.78, 5) is 37.7. The fraction of sp³-hybridized carbons (Fsp3) is 0.278. The number of hydrogen-bond acceptors (Lipinski definition) is 5. The van der Waals surface area contributed by atoms with E-state index in [0.29, 0.717) is 22.7 Å². The molecule has 2 aromatic rings. The Bertz CT molecular complexity index is 1050. The van der Waals surface area contributed by atoms with E-state index >= 15 is 0 Å². The van der Waals surface area contributed by atoms with Gasteiger partial charge < -0.3 is 10.1 Å². The van der Waals surface area contributed by atoms with E-state index in [0.717, 1.165) is 14.6 Å². The lowest BCUT2D eigenvalue weighted by Crippen LogP contribution is -2.43. The standard InChI is InChI=1S/C18H18BrN3O4/c1-9-12(17(24)26-4)13(10-5-7-11(19)8-6-10)14-15(20-9)21(2)18(25)22(3)16(14)23/h5-8,13,20H,1-4H3/t13-/m0/s1. The van der Waals surface area contributed by atoms with Gasteiger partial charge in [-0.2, -0.15) is 0 Å².